The van der Waals surface area contributed by atoms with E-state index in [1.165, 1.54) is 18.3 Å². The molecule has 0 spiro atoms. The molecule has 7 N–H and O–H groups in total. The summed E-state index contributed by atoms with van der Waals surface area (Å²) in [5.74, 6) is 2.98. The van der Waals surface area contributed by atoms with Gasteiger partial charge < -0.3 is 22.4 Å². The van der Waals surface area contributed by atoms with Crippen molar-refractivity contribution in [2.24, 2.45) is 16.7 Å². The Morgan fingerprint density at radius 3 is 2.42 bits per heavy atom. The van der Waals surface area contributed by atoms with Crippen molar-refractivity contribution in [1.29, 1.82) is 0 Å². The summed E-state index contributed by atoms with van der Waals surface area (Å²) in [6, 6.07) is 17.2. The predicted octanol–water partition coefficient (Wildman–Crippen LogP) is 1.75. The van der Waals surface area contributed by atoms with Crippen LogP contribution in [0.1, 0.15) is 32.7 Å². The molecule has 1 aromatic heterocycles. The summed E-state index contributed by atoms with van der Waals surface area (Å²) in [6.45, 7) is 0. The standard InChI is InChI=1S/C23H23N5O3/c24-19-6-2-1-5-18(19)21(29)23(25,22(30)31)13-17-4-3-11-27-20(17)12-15-7-9-16(10-8-15)14-28-26/h1-11,14H,12-13,24-26H2,(H,30,31). The van der Waals surface area contributed by atoms with E-state index in [-0.39, 0.29) is 17.7 Å². The van der Waals surface area contributed by atoms with Crippen molar-refractivity contribution in [3.8, 4) is 0 Å². The molecule has 0 aliphatic carbocycles. The third-order valence-corrected chi connectivity index (χ3v) is 5.02. The predicted molar refractivity (Wildman–Crippen MR) is 119 cm³/mol. The molecule has 8 nitrogen and oxygen atoms in total. The second kappa shape index (κ2) is 9.19. The Balaban J connectivity index is 1.92. The molecule has 0 aliphatic heterocycles. The smallest absolute Gasteiger partial charge is 0.332 e. The first-order chi connectivity index (χ1) is 14.8. The van der Waals surface area contributed by atoms with Gasteiger partial charge >= 0.3 is 5.97 Å². The first-order valence-corrected chi connectivity index (χ1v) is 9.51. The van der Waals surface area contributed by atoms with E-state index >= 15 is 0 Å². The van der Waals surface area contributed by atoms with Gasteiger partial charge in [-0.25, -0.2) is 4.79 Å². The van der Waals surface area contributed by atoms with Gasteiger partial charge in [0.05, 0.1) is 6.21 Å². The number of nitrogens with two attached hydrogens (primary N) is 3. The van der Waals surface area contributed by atoms with Crippen molar-refractivity contribution in [2.75, 3.05) is 5.73 Å². The van der Waals surface area contributed by atoms with Gasteiger partial charge in [0.15, 0.2) is 11.3 Å². The summed E-state index contributed by atoms with van der Waals surface area (Å²) in [5.41, 5.74) is 13.1. The second-order valence-corrected chi connectivity index (χ2v) is 7.18. The highest BCUT2D eigenvalue weighted by molar-refractivity contribution is 6.18. The van der Waals surface area contributed by atoms with E-state index in [1.54, 1.807) is 30.5 Å². The molecule has 3 rings (SSSR count). The average Bonchev–Trinajstić information content (AvgIpc) is 2.76. The molecule has 0 fully saturated rings. The number of carboxylic acid groups (broad SMARTS) is 1. The van der Waals surface area contributed by atoms with Crippen LogP contribution in [0.25, 0.3) is 0 Å². The molecule has 1 atom stereocenters. The van der Waals surface area contributed by atoms with Crippen molar-refractivity contribution >= 4 is 23.7 Å². The van der Waals surface area contributed by atoms with Crippen molar-refractivity contribution in [2.45, 2.75) is 18.4 Å². The first-order valence-electron chi connectivity index (χ1n) is 9.51. The number of hydrogen-bond acceptors (Lipinski definition) is 7. The molecule has 2 aromatic carbocycles. The lowest BCUT2D eigenvalue weighted by molar-refractivity contribution is -0.141. The zero-order valence-electron chi connectivity index (χ0n) is 16.7. The van der Waals surface area contributed by atoms with Crippen LogP contribution in [0.15, 0.2) is 72.0 Å². The van der Waals surface area contributed by atoms with Crippen molar-refractivity contribution in [3.63, 3.8) is 0 Å². The Kier molecular flexibility index (Phi) is 6.42. The first kappa shape index (κ1) is 21.7. The Morgan fingerprint density at radius 2 is 1.77 bits per heavy atom. The minimum atomic E-state index is -2.19. The monoisotopic (exact) mass is 417 g/mol. The van der Waals surface area contributed by atoms with Crippen molar-refractivity contribution in [3.05, 3.63) is 94.8 Å². The highest BCUT2D eigenvalue weighted by Crippen LogP contribution is 2.23. The number of nitrogens with zero attached hydrogens (tertiary/aromatic N) is 2. The van der Waals surface area contributed by atoms with Gasteiger partial charge in [-0.2, -0.15) is 5.10 Å². The highest BCUT2D eigenvalue weighted by Gasteiger charge is 2.43. The van der Waals surface area contributed by atoms with E-state index in [1.807, 2.05) is 24.3 Å². The zero-order valence-corrected chi connectivity index (χ0v) is 16.7. The number of Topliss-reactive ketones (excluding diaryl/α,β-unsaturated/α-hetero) is 1. The third-order valence-electron chi connectivity index (χ3n) is 5.02. The number of aliphatic carboxylic acids is 1. The summed E-state index contributed by atoms with van der Waals surface area (Å²) < 4.78 is 0. The number of benzene rings is 2. The van der Waals surface area contributed by atoms with Gasteiger partial charge in [-0.15, -0.1) is 0 Å². The number of carbonyl (C=O) groups is 2. The molecule has 0 radical (unpaired) electrons. The largest absolute Gasteiger partial charge is 0.480 e. The number of ketones is 1. The Labute approximate surface area is 179 Å². The van der Waals surface area contributed by atoms with Crippen LogP contribution in [0.2, 0.25) is 0 Å². The summed E-state index contributed by atoms with van der Waals surface area (Å²) in [6.07, 6.45) is 3.36. The van der Waals surface area contributed by atoms with Crippen LogP contribution in [0.4, 0.5) is 5.69 Å². The van der Waals surface area contributed by atoms with E-state index in [9.17, 15) is 14.7 Å². The number of carbonyl (C=O) groups excluding carboxylic acids is 1. The summed E-state index contributed by atoms with van der Waals surface area (Å²) in [5, 5.41) is 13.3. The summed E-state index contributed by atoms with van der Waals surface area (Å²) in [4.78, 5) is 29.6. The van der Waals surface area contributed by atoms with Crippen LogP contribution in [0.3, 0.4) is 0 Å². The lowest BCUT2D eigenvalue weighted by Gasteiger charge is -2.25. The Morgan fingerprint density at radius 1 is 1.06 bits per heavy atom. The maximum Gasteiger partial charge on any atom is 0.332 e. The lowest BCUT2D eigenvalue weighted by atomic mass is 9.83. The van der Waals surface area contributed by atoms with Crippen LogP contribution in [-0.4, -0.2) is 33.6 Å². The van der Waals surface area contributed by atoms with Gasteiger partial charge in [-0.3, -0.25) is 9.78 Å². The van der Waals surface area contributed by atoms with Gasteiger partial charge in [-0.1, -0.05) is 42.5 Å². The molecule has 1 unspecified atom stereocenters. The fraction of sp³-hybridized carbons (Fsp3) is 0.130. The number of anilines is 1. The van der Waals surface area contributed by atoms with Crippen LogP contribution in [0.5, 0.6) is 0 Å². The molecular weight excluding hydrogens is 394 g/mol. The van der Waals surface area contributed by atoms with Gasteiger partial charge in [0.2, 0.25) is 0 Å². The van der Waals surface area contributed by atoms with E-state index in [4.69, 9.17) is 17.3 Å². The molecule has 1 heterocycles. The van der Waals surface area contributed by atoms with Crippen molar-refractivity contribution < 1.29 is 14.7 Å². The number of para-hydroxylation sites is 1. The van der Waals surface area contributed by atoms with E-state index in [0.717, 1.165) is 11.1 Å². The van der Waals surface area contributed by atoms with E-state index < -0.39 is 17.3 Å². The molecule has 0 saturated heterocycles. The number of carboxylic acids is 1. The second-order valence-electron chi connectivity index (χ2n) is 7.18. The normalized spacial score (nSPS) is 13.1. The van der Waals surface area contributed by atoms with Gasteiger partial charge in [0.25, 0.3) is 0 Å². The number of nitrogen functional groups attached to an aromatic ring is 1. The quantitative estimate of drug-likeness (QED) is 0.109. The van der Waals surface area contributed by atoms with Crippen LogP contribution >= 0.6 is 0 Å². The SMILES string of the molecule is NN=Cc1ccc(Cc2ncccc2CC(N)(C(=O)O)C(=O)c2ccccc2N)cc1. The number of hydrogen-bond donors (Lipinski definition) is 4. The van der Waals surface area contributed by atoms with Gasteiger partial charge in [-0.05, 0) is 34.9 Å². The van der Waals surface area contributed by atoms with Crippen LogP contribution < -0.4 is 17.3 Å². The number of aromatic nitrogens is 1. The van der Waals surface area contributed by atoms with Crippen LogP contribution in [0, 0.1) is 0 Å². The van der Waals surface area contributed by atoms with E-state index in [2.05, 4.69) is 10.1 Å². The molecule has 0 aliphatic rings. The molecule has 3 aromatic rings. The van der Waals surface area contributed by atoms with Crippen molar-refractivity contribution in [1.82, 2.24) is 4.98 Å². The topological polar surface area (TPSA) is 158 Å². The maximum atomic E-state index is 13.1. The van der Waals surface area contributed by atoms with Crippen LogP contribution in [-0.2, 0) is 17.6 Å². The van der Waals surface area contributed by atoms with Gasteiger partial charge in [0.1, 0.15) is 0 Å². The minimum absolute atomic E-state index is 0.0787. The number of rotatable bonds is 8. The molecule has 0 saturated carbocycles. The maximum absolute atomic E-state index is 13.1. The highest BCUT2D eigenvalue weighted by atomic mass is 16.4. The molecule has 31 heavy (non-hydrogen) atoms. The average molecular weight is 417 g/mol. The van der Waals surface area contributed by atoms with E-state index in [0.29, 0.717) is 17.7 Å². The zero-order chi connectivity index (χ0) is 22.4. The fourth-order valence-electron chi connectivity index (χ4n) is 3.29. The summed E-state index contributed by atoms with van der Waals surface area (Å²) >= 11 is 0. The molecule has 8 heteroatoms. The molecule has 0 bridgehead atoms. The fourth-order valence-corrected chi connectivity index (χ4v) is 3.29. The Hall–Kier alpha value is -4.04. The summed E-state index contributed by atoms with van der Waals surface area (Å²) in [7, 11) is 0. The number of hydrazone groups is 1. The molecule has 158 valence electrons. The number of pyridine rings is 1. The molecular formula is C23H23N5O3. The lowest BCUT2D eigenvalue weighted by Crippen LogP contribution is -2.57. The third kappa shape index (κ3) is 4.76. The minimum Gasteiger partial charge on any atom is -0.480 e. The Bertz CT molecular complexity index is 1130. The van der Waals surface area contributed by atoms with Gasteiger partial charge in [0, 0.05) is 36.0 Å². The molecule has 0 amide bonds.